The summed E-state index contributed by atoms with van der Waals surface area (Å²) in [5.74, 6) is -1.02. The molecule has 0 saturated carbocycles. The summed E-state index contributed by atoms with van der Waals surface area (Å²) in [5.41, 5.74) is 4.27. The van der Waals surface area contributed by atoms with Gasteiger partial charge in [-0.1, -0.05) is 62.9 Å². The third-order valence-corrected chi connectivity index (χ3v) is 4.03. The second kappa shape index (κ2) is 10.3. The lowest BCUT2D eigenvalue weighted by molar-refractivity contribution is 0.0230. The fourth-order valence-corrected chi connectivity index (χ4v) is 2.54. The number of hydrogen-bond donors (Lipinski definition) is 1. The topological polar surface area (TPSA) is 55.4 Å². The highest BCUT2D eigenvalue weighted by Gasteiger charge is 2.10. The Morgan fingerprint density at radius 1 is 0.840 bits per heavy atom. The van der Waals surface area contributed by atoms with Gasteiger partial charge in [-0.25, -0.2) is 4.79 Å². The van der Waals surface area contributed by atoms with Crippen molar-refractivity contribution < 1.29 is 14.4 Å². The van der Waals surface area contributed by atoms with E-state index in [0.717, 1.165) is 6.42 Å². The second-order valence-electron chi connectivity index (χ2n) is 6.05. The number of benzene rings is 2. The Morgan fingerprint density at radius 3 is 2.20 bits per heavy atom. The van der Waals surface area contributed by atoms with Crippen molar-refractivity contribution in [3.05, 3.63) is 71.3 Å². The zero-order chi connectivity index (χ0) is 17.9. The normalized spacial score (nSPS) is 10.3. The van der Waals surface area contributed by atoms with Crippen molar-refractivity contribution in [3.63, 3.8) is 0 Å². The van der Waals surface area contributed by atoms with E-state index in [-0.39, 0.29) is 0 Å². The van der Waals surface area contributed by atoms with Crippen LogP contribution in [-0.4, -0.2) is 11.9 Å². The van der Waals surface area contributed by atoms with Crippen LogP contribution < -0.4 is 5.48 Å². The first-order valence-corrected chi connectivity index (χ1v) is 8.86. The molecule has 0 atom stereocenters. The fourth-order valence-electron chi connectivity index (χ4n) is 2.54. The molecule has 0 saturated heterocycles. The molecule has 0 heterocycles. The molecule has 0 aliphatic rings. The zero-order valence-corrected chi connectivity index (χ0v) is 14.7. The largest absolute Gasteiger partial charge is 0.362 e. The van der Waals surface area contributed by atoms with Gasteiger partial charge in [-0.05, 0) is 42.7 Å². The third kappa shape index (κ3) is 6.42. The van der Waals surface area contributed by atoms with Crippen LogP contribution in [-0.2, 0) is 11.3 Å². The predicted molar refractivity (Wildman–Crippen MR) is 98.2 cm³/mol. The zero-order valence-electron chi connectivity index (χ0n) is 14.7. The van der Waals surface area contributed by atoms with E-state index in [2.05, 4.69) is 12.4 Å². The summed E-state index contributed by atoms with van der Waals surface area (Å²) in [6, 6.07) is 16.0. The molecule has 2 rings (SSSR count). The monoisotopic (exact) mass is 339 g/mol. The molecule has 0 bridgehead atoms. The molecule has 0 radical (unpaired) electrons. The molecule has 0 fully saturated rings. The number of rotatable bonds is 8. The van der Waals surface area contributed by atoms with E-state index in [4.69, 9.17) is 4.84 Å². The van der Waals surface area contributed by atoms with Gasteiger partial charge in [0.2, 0.25) is 0 Å². The van der Waals surface area contributed by atoms with Crippen LogP contribution in [0.5, 0.6) is 0 Å². The van der Waals surface area contributed by atoms with E-state index in [0.29, 0.717) is 11.1 Å². The summed E-state index contributed by atoms with van der Waals surface area (Å²) in [5, 5.41) is 0. The predicted octanol–water partition coefficient (Wildman–Crippen LogP) is 4.70. The fraction of sp³-hybridized carbons (Fsp3) is 0.333. The number of amides is 1. The average molecular weight is 339 g/mol. The number of nitrogens with one attached hydrogen (secondary N) is 1. The van der Waals surface area contributed by atoms with Crippen LogP contribution in [0.4, 0.5) is 0 Å². The third-order valence-electron chi connectivity index (χ3n) is 4.03. The second-order valence-corrected chi connectivity index (χ2v) is 6.05. The maximum Gasteiger partial charge on any atom is 0.362 e. The van der Waals surface area contributed by atoms with Crippen LogP contribution >= 0.6 is 0 Å². The minimum atomic E-state index is -0.586. The standard InChI is InChI=1S/C21H25NO3/c1-2-3-4-5-7-10-17-13-15-18(16-14-17)20(23)22-25-21(24)19-11-8-6-9-12-19/h6,8-9,11-16H,2-5,7,10H2,1H3,(H,22,23). The van der Waals surface area contributed by atoms with Crippen molar-refractivity contribution in [1.29, 1.82) is 0 Å². The van der Waals surface area contributed by atoms with Crippen LogP contribution in [0.2, 0.25) is 0 Å². The SMILES string of the molecule is CCCCCCCc1ccc(C(=O)NOC(=O)c2ccccc2)cc1. The molecule has 0 spiro atoms. The molecule has 1 amide bonds. The Bertz CT molecular complexity index is 665. The first-order valence-electron chi connectivity index (χ1n) is 8.86. The van der Waals surface area contributed by atoms with Crippen molar-refractivity contribution in [2.75, 3.05) is 0 Å². The molecule has 132 valence electrons. The highest BCUT2D eigenvalue weighted by molar-refractivity contribution is 5.95. The molecule has 0 aliphatic carbocycles. The summed E-state index contributed by atoms with van der Waals surface area (Å²) in [7, 11) is 0. The minimum absolute atomic E-state index is 0.390. The number of hydrogen-bond acceptors (Lipinski definition) is 3. The van der Waals surface area contributed by atoms with E-state index >= 15 is 0 Å². The van der Waals surface area contributed by atoms with Crippen LogP contribution in [0, 0.1) is 0 Å². The molecule has 25 heavy (non-hydrogen) atoms. The van der Waals surface area contributed by atoms with Gasteiger partial charge in [0.25, 0.3) is 5.91 Å². The average Bonchev–Trinajstić information content (AvgIpc) is 2.67. The van der Waals surface area contributed by atoms with Crippen molar-refractivity contribution in [2.24, 2.45) is 0 Å². The molecule has 0 aromatic heterocycles. The van der Waals surface area contributed by atoms with E-state index in [1.54, 1.807) is 42.5 Å². The lowest BCUT2D eigenvalue weighted by atomic mass is 10.0. The Kier molecular flexibility index (Phi) is 7.70. The molecular weight excluding hydrogens is 314 g/mol. The van der Waals surface area contributed by atoms with E-state index < -0.39 is 11.9 Å². The van der Waals surface area contributed by atoms with Gasteiger partial charge in [-0.15, -0.1) is 0 Å². The van der Waals surface area contributed by atoms with Gasteiger partial charge in [0, 0.05) is 5.56 Å². The maximum atomic E-state index is 12.0. The van der Waals surface area contributed by atoms with Gasteiger partial charge in [-0.3, -0.25) is 4.79 Å². The quantitative estimate of drug-likeness (QED) is 0.560. The van der Waals surface area contributed by atoms with Crippen LogP contribution in [0.3, 0.4) is 0 Å². The van der Waals surface area contributed by atoms with Crippen molar-refractivity contribution in [3.8, 4) is 0 Å². The first kappa shape index (κ1) is 18.7. The number of aryl methyl sites for hydroxylation is 1. The Morgan fingerprint density at radius 2 is 1.52 bits per heavy atom. The molecule has 4 heteroatoms. The highest BCUT2D eigenvalue weighted by atomic mass is 16.7. The molecule has 1 N–H and O–H groups in total. The maximum absolute atomic E-state index is 12.0. The van der Waals surface area contributed by atoms with Crippen LogP contribution in [0.25, 0.3) is 0 Å². The molecule has 2 aromatic rings. The lowest BCUT2D eigenvalue weighted by Crippen LogP contribution is -2.27. The summed E-state index contributed by atoms with van der Waals surface area (Å²) >= 11 is 0. The van der Waals surface area contributed by atoms with Crippen LogP contribution in [0.15, 0.2) is 54.6 Å². The molecule has 0 unspecified atom stereocenters. The summed E-state index contributed by atoms with van der Waals surface area (Å²) in [6.45, 7) is 2.21. The Hall–Kier alpha value is -2.62. The summed E-state index contributed by atoms with van der Waals surface area (Å²) in [6.07, 6.45) is 7.25. The van der Waals surface area contributed by atoms with Gasteiger partial charge in [0.05, 0.1) is 5.56 Å². The number of carbonyl (C=O) groups excluding carboxylic acids is 2. The van der Waals surface area contributed by atoms with E-state index in [1.807, 2.05) is 12.1 Å². The van der Waals surface area contributed by atoms with Crippen LogP contribution in [0.1, 0.15) is 65.3 Å². The van der Waals surface area contributed by atoms with Gasteiger partial charge in [0.15, 0.2) is 0 Å². The Labute approximate surface area is 149 Å². The van der Waals surface area contributed by atoms with Gasteiger partial charge in [0.1, 0.15) is 0 Å². The number of hydroxylamine groups is 1. The van der Waals surface area contributed by atoms with Gasteiger partial charge < -0.3 is 4.84 Å². The highest BCUT2D eigenvalue weighted by Crippen LogP contribution is 2.10. The van der Waals surface area contributed by atoms with Crippen molar-refractivity contribution in [2.45, 2.75) is 45.4 Å². The number of unbranched alkanes of at least 4 members (excludes halogenated alkanes) is 4. The van der Waals surface area contributed by atoms with Gasteiger partial charge >= 0.3 is 5.97 Å². The smallest absolute Gasteiger partial charge is 0.335 e. The van der Waals surface area contributed by atoms with Crippen molar-refractivity contribution >= 4 is 11.9 Å². The molecule has 0 aliphatic heterocycles. The lowest BCUT2D eigenvalue weighted by Gasteiger charge is -2.07. The number of carbonyl (C=O) groups is 2. The summed E-state index contributed by atoms with van der Waals surface area (Å²) in [4.78, 5) is 28.7. The van der Waals surface area contributed by atoms with E-state index in [1.165, 1.54) is 37.7 Å². The van der Waals surface area contributed by atoms with Crippen molar-refractivity contribution in [1.82, 2.24) is 5.48 Å². The minimum Gasteiger partial charge on any atom is -0.335 e. The van der Waals surface area contributed by atoms with E-state index in [9.17, 15) is 9.59 Å². The molecule has 2 aromatic carbocycles. The molecular formula is C21H25NO3. The first-order chi connectivity index (χ1) is 12.2. The molecule has 4 nitrogen and oxygen atoms in total. The summed E-state index contributed by atoms with van der Waals surface area (Å²) < 4.78 is 0. The van der Waals surface area contributed by atoms with Gasteiger partial charge in [-0.2, -0.15) is 5.48 Å². The Balaban J connectivity index is 1.77.